The number of hydrogen-bond donors (Lipinski definition) is 2. The zero-order valence-corrected chi connectivity index (χ0v) is 18.1. The average molecular weight is 430 g/mol. The fraction of sp³-hybridized carbons (Fsp3) is 0.667. The highest BCUT2D eigenvalue weighted by Gasteiger charge is 2.60. The van der Waals surface area contributed by atoms with Gasteiger partial charge in [0.1, 0.15) is 0 Å². The Labute approximate surface area is 181 Å². The van der Waals surface area contributed by atoms with Crippen LogP contribution in [0.2, 0.25) is 0 Å². The molecule has 0 amide bonds. The lowest BCUT2D eigenvalue weighted by molar-refractivity contribution is -0.182. The zero-order valence-electron chi connectivity index (χ0n) is 18.1. The quantitative estimate of drug-likeness (QED) is 0.374. The molecule has 0 aliphatic heterocycles. The van der Waals surface area contributed by atoms with Crippen molar-refractivity contribution >= 4 is 23.9 Å². The molecular formula is C24H30O7. The molecule has 0 aromatic heterocycles. The van der Waals surface area contributed by atoms with Crippen molar-refractivity contribution in [3.05, 3.63) is 23.3 Å². The first-order valence-corrected chi connectivity index (χ1v) is 11.3. The van der Waals surface area contributed by atoms with E-state index < -0.39 is 58.4 Å². The largest absolute Gasteiger partial charge is 0.481 e. The van der Waals surface area contributed by atoms with Crippen LogP contribution in [-0.4, -0.2) is 34.1 Å². The fourth-order valence-corrected chi connectivity index (χ4v) is 6.82. The van der Waals surface area contributed by atoms with E-state index in [1.807, 2.05) is 26.0 Å². The molecule has 6 unspecified atom stereocenters. The van der Waals surface area contributed by atoms with Crippen LogP contribution >= 0.6 is 0 Å². The van der Waals surface area contributed by atoms with E-state index in [0.29, 0.717) is 25.7 Å². The molecule has 2 fully saturated rings. The number of carbonyl (C=O) groups excluding carboxylic acids is 2. The summed E-state index contributed by atoms with van der Waals surface area (Å²) in [7, 11) is 0. The van der Waals surface area contributed by atoms with Gasteiger partial charge in [-0.2, -0.15) is 0 Å². The second-order valence-corrected chi connectivity index (χ2v) is 9.53. The van der Waals surface area contributed by atoms with E-state index in [4.69, 9.17) is 4.74 Å². The molecule has 2 N–H and O–H groups in total. The van der Waals surface area contributed by atoms with Crippen molar-refractivity contribution in [2.24, 2.45) is 34.5 Å². The van der Waals surface area contributed by atoms with Crippen LogP contribution in [0, 0.1) is 34.5 Å². The number of carboxylic acid groups (broad SMARTS) is 2. The van der Waals surface area contributed by atoms with Crippen LogP contribution in [0.1, 0.15) is 65.2 Å². The van der Waals surface area contributed by atoms with Crippen LogP contribution in [0.15, 0.2) is 23.3 Å². The monoisotopic (exact) mass is 430 g/mol. The first kappa shape index (κ1) is 21.8. The van der Waals surface area contributed by atoms with Crippen molar-refractivity contribution in [3.63, 3.8) is 0 Å². The Kier molecular flexibility index (Phi) is 5.34. The summed E-state index contributed by atoms with van der Waals surface area (Å²) < 4.78 is 5.39. The van der Waals surface area contributed by atoms with E-state index >= 15 is 0 Å². The number of allylic oxidation sites excluding steroid dienone is 4. The van der Waals surface area contributed by atoms with Crippen molar-refractivity contribution in [2.45, 2.75) is 65.2 Å². The maximum absolute atomic E-state index is 13.3. The van der Waals surface area contributed by atoms with Gasteiger partial charge in [-0.25, -0.2) is 0 Å². The molecule has 0 saturated heterocycles. The van der Waals surface area contributed by atoms with Crippen molar-refractivity contribution in [3.8, 4) is 0 Å². The summed E-state index contributed by atoms with van der Waals surface area (Å²) in [6.45, 7) is 3.86. The van der Waals surface area contributed by atoms with Gasteiger partial charge < -0.3 is 14.9 Å². The molecule has 4 aliphatic carbocycles. The van der Waals surface area contributed by atoms with Gasteiger partial charge in [0.15, 0.2) is 0 Å². The van der Waals surface area contributed by atoms with Gasteiger partial charge in [-0.3, -0.25) is 19.2 Å². The minimum atomic E-state index is -1.07. The van der Waals surface area contributed by atoms with Gasteiger partial charge in [-0.05, 0) is 51.4 Å². The SMILES string of the molecule is CCC12CCC1=CCC(C(=O)O)C2C(=O)OC(=O)C1C(C(=O)O)CC=C2CCC21CC. The van der Waals surface area contributed by atoms with E-state index in [2.05, 4.69) is 0 Å². The molecule has 31 heavy (non-hydrogen) atoms. The number of rotatable bonds is 6. The zero-order chi connectivity index (χ0) is 22.6. The second kappa shape index (κ2) is 7.61. The predicted octanol–water partition coefficient (Wildman–Crippen LogP) is 3.73. The average Bonchev–Trinajstić information content (AvgIpc) is 2.68. The first-order chi connectivity index (χ1) is 14.7. The van der Waals surface area contributed by atoms with Crippen LogP contribution in [0.3, 0.4) is 0 Å². The molecule has 2 saturated carbocycles. The minimum absolute atomic E-state index is 0.243. The normalized spacial score (nSPS) is 38.3. The van der Waals surface area contributed by atoms with E-state index in [1.165, 1.54) is 0 Å². The van der Waals surface area contributed by atoms with Crippen molar-refractivity contribution in [2.75, 3.05) is 0 Å². The Morgan fingerprint density at radius 3 is 1.48 bits per heavy atom. The molecule has 0 spiro atoms. The number of carboxylic acids is 2. The Bertz CT molecular complexity index is 820. The lowest BCUT2D eigenvalue weighted by atomic mass is 9.50. The smallest absolute Gasteiger partial charge is 0.318 e. The second-order valence-electron chi connectivity index (χ2n) is 9.53. The molecule has 0 aromatic carbocycles. The number of fused-ring (bicyclic) bond motifs is 2. The summed E-state index contributed by atoms with van der Waals surface area (Å²) in [6, 6.07) is 0. The molecule has 168 valence electrons. The van der Waals surface area contributed by atoms with Gasteiger partial charge in [-0.15, -0.1) is 0 Å². The van der Waals surface area contributed by atoms with Gasteiger partial charge >= 0.3 is 23.9 Å². The summed E-state index contributed by atoms with van der Waals surface area (Å²) in [6.07, 6.45) is 8.59. The molecule has 4 rings (SSSR count). The third kappa shape index (κ3) is 2.99. The van der Waals surface area contributed by atoms with Crippen molar-refractivity contribution in [1.29, 1.82) is 0 Å². The highest BCUT2D eigenvalue weighted by molar-refractivity contribution is 5.94. The molecule has 7 nitrogen and oxygen atoms in total. The Morgan fingerprint density at radius 1 is 0.839 bits per heavy atom. The third-order valence-corrected chi connectivity index (χ3v) is 8.80. The predicted molar refractivity (Wildman–Crippen MR) is 110 cm³/mol. The molecule has 0 heterocycles. The Morgan fingerprint density at radius 2 is 1.23 bits per heavy atom. The number of ether oxygens (including phenoxy) is 1. The number of carbonyl (C=O) groups is 4. The summed E-state index contributed by atoms with van der Waals surface area (Å²) in [4.78, 5) is 50.5. The Balaban J connectivity index is 1.63. The topological polar surface area (TPSA) is 118 Å². The molecule has 7 heteroatoms. The summed E-state index contributed by atoms with van der Waals surface area (Å²) in [5.41, 5.74) is 1.03. The third-order valence-electron chi connectivity index (χ3n) is 8.80. The first-order valence-electron chi connectivity index (χ1n) is 11.3. The van der Waals surface area contributed by atoms with Crippen molar-refractivity contribution < 1.29 is 34.1 Å². The van der Waals surface area contributed by atoms with Crippen LogP contribution in [0.5, 0.6) is 0 Å². The van der Waals surface area contributed by atoms with Gasteiger partial charge in [0, 0.05) is 10.8 Å². The van der Waals surface area contributed by atoms with E-state index in [-0.39, 0.29) is 12.8 Å². The van der Waals surface area contributed by atoms with Crippen LogP contribution in [0.25, 0.3) is 0 Å². The molecule has 0 bridgehead atoms. The molecular weight excluding hydrogens is 400 g/mol. The van der Waals surface area contributed by atoms with E-state index in [9.17, 15) is 29.4 Å². The summed E-state index contributed by atoms with van der Waals surface area (Å²) >= 11 is 0. The highest BCUT2D eigenvalue weighted by atomic mass is 16.6. The van der Waals surface area contributed by atoms with Crippen LogP contribution < -0.4 is 0 Å². The Hall–Kier alpha value is -2.44. The van der Waals surface area contributed by atoms with Crippen molar-refractivity contribution in [1.82, 2.24) is 0 Å². The number of hydrogen-bond acceptors (Lipinski definition) is 5. The highest BCUT2D eigenvalue weighted by Crippen LogP contribution is 2.61. The molecule has 4 aliphatic rings. The summed E-state index contributed by atoms with van der Waals surface area (Å²) in [5.74, 6) is -7.48. The fourth-order valence-electron chi connectivity index (χ4n) is 6.82. The summed E-state index contributed by atoms with van der Waals surface area (Å²) in [5, 5.41) is 19.5. The van der Waals surface area contributed by atoms with Gasteiger partial charge in [-0.1, -0.05) is 37.1 Å². The van der Waals surface area contributed by atoms with Gasteiger partial charge in [0.2, 0.25) is 0 Å². The lowest BCUT2D eigenvalue weighted by Gasteiger charge is -2.54. The maximum Gasteiger partial charge on any atom is 0.318 e. The van der Waals surface area contributed by atoms with Gasteiger partial charge in [0.25, 0.3) is 0 Å². The minimum Gasteiger partial charge on any atom is -0.481 e. The van der Waals surface area contributed by atoms with Crippen LogP contribution in [0.4, 0.5) is 0 Å². The van der Waals surface area contributed by atoms with Gasteiger partial charge in [0.05, 0.1) is 23.7 Å². The lowest BCUT2D eigenvalue weighted by Crippen LogP contribution is -2.54. The number of aliphatic carboxylic acids is 2. The van der Waals surface area contributed by atoms with E-state index in [1.54, 1.807) is 0 Å². The molecule has 6 atom stereocenters. The van der Waals surface area contributed by atoms with E-state index in [0.717, 1.165) is 24.0 Å². The van der Waals surface area contributed by atoms with Crippen LogP contribution in [-0.2, 0) is 23.9 Å². The molecule has 0 radical (unpaired) electrons. The number of esters is 2. The molecule has 0 aromatic rings. The standard InChI is InChI=1S/C24H30O7/c1-3-23-11-9-13(23)5-7-15(19(25)26)17(23)21(29)31-22(30)18-16(20(27)28)8-6-14-10-12-24(14,18)4-2/h5-6,15-18H,3-4,7-12H2,1-2H3,(H,25,26)(H,27,28). The maximum atomic E-state index is 13.3.